The van der Waals surface area contributed by atoms with E-state index in [0.717, 1.165) is 24.2 Å². The van der Waals surface area contributed by atoms with E-state index in [0.29, 0.717) is 18.9 Å². The molecule has 0 aliphatic carbocycles. The number of methoxy groups -OCH3 is 1. The average molecular weight is 403 g/mol. The molecule has 1 unspecified atom stereocenters. The third kappa shape index (κ3) is 6.69. The normalized spacial score (nSPS) is 12.3. The van der Waals surface area contributed by atoms with Crippen molar-refractivity contribution in [3.05, 3.63) is 52.2 Å². The molecule has 2 aromatic rings. The highest BCUT2D eigenvalue weighted by Gasteiger charge is 2.15. The first-order valence-electron chi connectivity index (χ1n) is 9.50. The molecule has 1 heterocycles. The third-order valence-electron chi connectivity index (χ3n) is 4.39. The fourth-order valence-electron chi connectivity index (χ4n) is 2.72. The number of amides is 1. The molecule has 0 aliphatic rings. The molecule has 0 saturated heterocycles. The van der Waals surface area contributed by atoms with Crippen LogP contribution in [0.5, 0.6) is 11.5 Å². The number of carbonyl (C=O) groups excluding carboxylic acids is 1. The molecule has 0 spiro atoms. The topological polar surface area (TPSA) is 50.8 Å². The van der Waals surface area contributed by atoms with E-state index in [-0.39, 0.29) is 11.9 Å². The van der Waals surface area contributed by atoms with E-state index in [1.807, 2.05) is 32.3 Å². The van der Waals surface area contributed by atoms with Gasteiger partial charge in [0.05, 0.1) is 19.8 Å². The highest BCUT2D eigenvalue weighted by Crippen LogP contribution is 2.28. The Hall–Kier alpha value is -2.31. The lowest BCUT2D eigenvalue weighted by molar-refractivity contribution is -0.116. The van der Waals surface area contributed by atoms with Gasteiger partial charge < -0.3 is 19.7 Å². The first-order chi connectivity index (χ1) is 13.5. The van der Waals surface area contributed by atoms with Gasteiger partial charge in [0, 0.05) is 12.6 Å². The zero-order chi connectivity index (χ0) is 20.4. The van der Waals surface area contributed by atoms with Crippen molar-refractivity contribution < 1.29 is 14.3 Å². The number of nitrogens with zero attached hydrogens (tertiary/aromatic N) is 1. The van der Waals surface area contributed by atoms with Crippen molar-refractivity contribution in [3.8, 4) is 11.5 Å². The second kappa shape index (κ2) is 11.5. The molecule has 28 heavy (non-hydrogen) atoms. The number of unbranched alkanes of at least 4 members (excludes halogenated alkanes) is 1. The fourth-order valence-corrected chi connectivity index (χ4v) is 3.43. The Bertz CT molecular complexity index is 757. The molecule has 1 aromatic heterocycles. The number of benzene rings is 1. The van der Waals surface area contributed by atoms with Gasteiger partial charge in [0.2, 0.25) is 5.91 Å². The second-order valence-electron chi connectivity index (χ2n) is 6.73. The van der Waals surface area contributed by atoms with E-state index in [1.165, 1.54) is 5.56 Å². The summed E-state index contributed by atoms with van der Waals surface area (Å²) in [6, 6.07) is 7.92. The van der Waals surface area contributed by atoms with Crippen LogP contribution in [0.25, 0.3) is 6.08 Å². The number of ether oxygens (including phenoxy) is 2. The number of hydrogen-bond acceptors (Lipinski definition) is 5. The molecule has 2 rings (SSSR count). The first-order valence-corrected chi connectivity index (χ1v) is 10.4. The predicted octanol–water partition coefficient (Wildman–Crippen LogP) is 4.37. The van der Waals surface area contributed by atoms with Gasteiger partial charge in [0.25, 0.3) is 0 Å². The van der Waals surface area contributed by atoms with Crippen LogP contribution in [0, 0.1) is 0 Å². The SMILES string of the molecule is CCCCOc1ccc(/C=C/C(=O)NCC(c2ccsc2)N(C)C)cc1OC. The molecule has 0 fully saturated rings. The van der Waals surface area contributed by atoms with Gasteiger partial charge in [-0.05, 0) is 66.7 Å². The van der Waals surface area contributed by atoms with Gasteiger partial charge in [-0.2, -0.15) is 11.3 Å². The Labute approximate surface area is 172 Å². The van der Waals surface area contributed by atoms with Crippen molar-refractivity contribution in [2.75, 3.05) is 34.4 Å². The number of likely N-dealkylation sites (N-methyl/N-ethyl adjacent to an activating group) is 1. The molecule has 5 nitrogen and oxygen atoms in total. The summed E-state index contributed by atoms with van der Waals surface area (Å²) in [5, 5.41) is 7.14. The summed E-state index contributed by atoms with van der Waals surface area (Å²) < 4.78 is 11.1. The Kier molecular flexibility index (Phi) is 9.04. The maximum Gasteiger partial charge on any atom is 0.244 e. The molecular weight excluding hydrogens is 372 g/mol. The van der Waals surface area contributed by atoms with E-state index in [1.54, 1.807) is 30.6 Å². The number of nitrogens with one attached hydrogen (secondary N) is 1. The lowest BCUT2D eigenvalue weighted by Crippen LogP contribution is -2.33. The van der Waals surface area contributed by atoms with Crippen LogP contribution < -0.4 is 14.8 Å². The van der Waals surface area contributed by atoms with E-state index < -0.39 is 0 Å². The Morgan fingerprint density at radius 2 is 2.11 bits per heavy atom. The molecular formula is C22H30N2O3S. The summed E-state index contributed by atoms with van der Waals surface area (Å²) >= 11 is 1.66. The van der Waals surface area contributed by atoms with E-state index in [4.69, 9.17) is 9.47 Å². The molecule has 1 atom stereocenters. The summed E-state index contributed by atoms with van der Waals surface area (Å²) in [5.41, 5.74) is 2.10. The van der Waals surface area contributed by atoms with Crippen LogP contribution in [-0.4, -0.2) is 45.2 Å². The van der Waals surface area contributed by atoms with Crippen LogP contribution in [0.3, 0.4) is 0 Å². The standard InChI is InChI=1S/C22H30N2O3S/c1-5-6-12-27-20-9-7-17(14-21(20)26-4)8-10-22(25)23-15-19(24(2)3)18-11-13-28-16-18/h7-11,13-14,16,19H,5-6,12,15H2,1-4H3,(H,23,25)/b10-8+. The highest BCUT2D eigenvalue weighted by molar-refractivity contribution is 7.07. The molecule has 0 bridgehead atoms. The van der Waals surface area contributed by atoms with Crippen LogP contribution in [0.4, 0.5) is 0 Å². The molecule has 0 radical (unpaired) electrons. The predicted molar refractivity (Wildman–Crippen MR) is 116 cm³/mol. The van der Waals surface area contributed by atoms with Gasteiger partial charge in [0.1, 0.15) is 0 Å². The second-order valence-corrected chi connectivity index (χ2v) is 7.51. The number of hydrogen-bond donors (Lipinski definition) is 1. The van der Waals surface area contributed by atoms with Gasteiger partial charge in [0.15, 0.2) is 11.5 Å². The van der Waals surface area contributed by atoms with Crippen LogP contribution >= 0.6 is 11.3 Å². The van der Waals surface area contributed by atoms with Gasteiger partial charge >= 0.3 is 0 Å². The smallest absolute Gasteiger partial charge is 0.244 e. The van der Waals surface area contributed by atoms with Crippen LogP contribution in [0.15, 0.2) is 41.1 Å². The maximum atomic E-state index is 12.2. The average Bonchev–Trinajstić information content (AvgIpc) is 3.21. The number of rotatable bonds is 11. The monoisotopic (exact) mass is 402 g/mol. The fraction of sp³-hybridized carbons (Fsp3) is 0.409. The van der Waals surface area contributed by atoms with Crippen molar-refractivity contribution >= 4 is 23.3 Å². The van der Waals surface area contributed by atoms with Gasteiger partial charge in [-0.3, -0.25) is 4.79 Å². The number of carbonyl (C=O) groups is 1. The maximum absolute atomic E-state index is 12.2. The largest absolute Gasteiger partial charge is 0.493 e. The lowest BCUT2D eigenvalue weighted by Gasteiger charge is -2.23. The van der Waals surface area contributed by atoms with Crippen LogP contribution in [-0.2, 0) is 4.79 Å². The molecule has 1 amide bonds. The van der Waals surface area contributed by atoms with Gasteiger partial charge in [-0.25, -0.2) is 0 Å². The highest BCUT2D eigenvalue weighted by atomic mass is 32.1. The molecule has 6 heteroatoms. The Morgan fingerprint density at radius 1 is 1.29 bits per heavy atom. The number of thiophene rings is 1. The van der Waals surface area contributed by atoms with Crippen molar-refractivity contribution in [3.63, 3.8) is 0 Å². The molecule has 0 aliphatic heterocycles. The minimum Gasteiger partial charge on any atom is -0.493 e. The Morgan fingerprint density at radius 3 is 2.75 bits per heavy atom. The Balaban J connectivity index is 1.94. The third-order valence-corrected chi connectivity index (χ3v) is 5.09. The van der Waals surface area contributed by atoms with Crippen LogP contribution in [0.1, 0.15) is 36.9 Å². The summed E-state index contributed by atoms with van der Waals surface area (Å²) in [4.78, 5) is 14.3. The molecule has 0 saturated carbocycles. The van der Waals surface area contributed by atoms with Gasteiger partial charge in [-0.15, -0.1) is 0 Å². The van der Waals surface area contributed by atoms with Crippen molar-refractivity contribution in [2.24, 2.45) is 0 Å². The van der Waals surface area contributed by atoms with Crippen LogP contribution in [0.2, 0.25) is 0 Å². The summed E-state index contributed by atoms with van der Waals surface area (Å²) in [5.74, 6) is 1.27. The van der Waals surface area contributed by atoms with E-state index in [2.05, 4.69) is 34.0 Å². The zero-order valence-electron chi connectivity index (χ0n) is 17.1. The van der Waals surface area contributed by atoms with Crippen molar-refractivity contribution in [2.45, 2.75) is 25.8 Å². The van der Waals surface area contributed by atoms with Gasteiger partial charge in [-0.1, -0.05) is 19.4 Å². The van der Waals surface area contributed by atoms with E-state index >= 15 is 0 Å². The van der Waals surface area contributed by atoms with E-state index in [9.17, 15) is 4.79 Å². The first kappa shape index (κ1) is 22.0. The minimum absolute atomic E-state index is 0.121. The summed E-state index contributed by atoms with van der Waals surface area (Å²) in [7, 11) is 5.65. The molecule has 1 N–H and O–H groups in total. The summed E-state index contributed by atoms with van der Waals surface area (Å²) in [6.45, 7) is 3.35. The van der Waals surface area contributed by atoms with Crippen molar-refractivity contribution in [1.29, 1.82) is 0 Å². The van der Waals surface area contributed by atoms with Crippen molar-refractivity contribution in [1.82, 2.24) is 10.2 Å². The molecule has 1 aromatic carbocycles. The summed E-state index contributed by atoms with van der Waals surface area (Å²) in [6.07, 6.45) is 5.42. The quantitative estimate of drug-likeness (QED) is 0.448. The molecule has 152 valence electrons. The lowest BCUT2D eigenvalue weighted by atomic mass is 10.1. The minimum atomic E-state index is -0.121. The zero-order valence-corrected chi connectivity index (χ0v) is 17.9.